The molecule has 0 saturated heterocycles. The molecule has 0 bridgehead atoms. The van der Waals surface area contributed by atoms with Gasteiger partial charge in [-0.2, -0.15) is 0 Å². The maximum Gasteiger partial charge on any atom is 0.250 e. The van der Waals surface area contributed by atoms with Crippen molar-refractivity contribution in [3.8, 4) is 0 Å². The highest BCUT2D eigenvalue weighted by Crippen LogP contribution is 2.22. The minimum atomic E-state index is -0.686. The molecule has 0 heterocycles. The van der Waals surface area contributed by atoms with Crippen LogP contribution in [0.4, 0.5) is 15.8 Å². The number of anilines is 2. The third-order valence-electron chi connectivity index (χ3n) is 2.80. The summed E-state index contributed by atoms with van der Waals surface area (Å²) in [5.41, 5.74) is 12.0. The molecule has 0 saturated carbocycles. The summed E-state index contributed by atoms with van der Waals surface area (Å²) in [5.74, 6) is -1.21. The number of benzene rings is 2. The molecule has 5 N–H and O–H groups in total. The van der Waals surface area contributed by atoms with E-state index in [0.717, 1.165) is 16.1 Å². The normalized spacial score (nSPS) is 10.3. The van der Waals surface area contributed by atoms with Crippen LogP contribution in [0, 0.1) is 5.82 Å². The highest BCUT2D eigenvalue weighted by molar-refractivity contribution is 9.10. The number of carbonyl (C=O) groups is 1. The van der Waals surface area contributed by atoms with E-state index in [9.17, 15) is 9.18 Å². The van der Waals surface area contributed by atoms with Crippen molar-refractivity contribution in [1.82, 2.24) is 0 Å². The fourth-order valence-electron chi connectivity index (χ4n) is 1.74. The molecular weight excluding hydrogens is 325 g/mol. The largest absolute Gasteiger partial charge is 0.398 e. The van der Waals surface area contributed by atoms with E-state index < -0.39 is 11.7 Å². The SMILES string of the molecule is NC(=O)c1cc(NCc2ccc(Br)cc2)c(F)cc1N. The molecule has 20 heavy (non-hydrogen) atoms. The lowest BCUT2D eigenvalue weighted by Crippen LogP contribution is -2.15. The Bertz CT molecular complexity index is 644. The van der Waals surface area contributed by atoms with Gasteiger partial charge in [0.2, 0.25) is 0 Å². The first-order chi connectivity index (χ1) is 9.47. The van der Waals surface area contributed by atoms with E-state index >= 15 is 0 Å². The van der Waals surface area contributed by atoms with Crippen molar-refractivity contribution in [1.29, 1.82) is 0 Å². The fourth-order valence-corrected chi connectivity index (χ4v) is 2.00. The van der Waals surface area contributed by atoms with Crippen LogP contribution in [0.15, 0.2) is 40.9 Å². The maximum atomic E-state index is 13.8. The summed E-state index contributed by atoms with van der Waals surface area (Å²) in [6.07, 6.45) is 0. The van der Waals surface area contributed by atoms with Crippen LogP contribution in [0.5, 0.6) is 0 Å². The first kappa shape index (κ1) is 14.3. The second kappa shape index (κ2) is 5.92. The molecule has 0 unspecified atom stereocenters. The van der Waals surface area contributed by atoms with Gasteiger partial charge in [0.15, 0.2) is 0 Å². The van der Waals surface area contributed by atoms with Gasteiger partial charge in [0.1, 0.15) is 5.82 Å². The van der Waals surface area contributed by atoms with Gasteiger partial charge in [-0.1, -0.05) is 28.1 Å². The Balaban J connectivity index is 2.18. The lowest BCUT2D eigenvalue weighted by Gasteiger charge is -2.10. The third kappa shape index (κ3) is 3.27. The van der Waals surface area contributed by atoms with E-state index in [1.54, 1.807) is 0 Å². The average Bonchev–Trinajstić information content (AvgIpc) is 2.39. The Morgan fingerprint density at radius 1 is 1.25 bits per heavy atom. The van der Waals surface area contributed by atoms with Crippen LogP contribution in [0.3, 0.4) is 0 Å². The van der Waals surface area contributed by atoms with E-state index in [4.69, 9.17) is 11.5 Å². The number of nitrogens with one attached hydrogen (secondary N) is 1. The molecule has 0 aliphatic rings. The highest BCUT2D eigenvalue weighted by atomic mass is 79.9. The molecule has 1 amide bonds. The minimum Gasteiger partial charge on any atom is -0.398 e. The third-order valence-corrected chi connectivity index (χ3v) is 3.33. The molecule has 0 radical (unpaired) electrons. The van der Waals surface area contributed by atoms with Gasteiger partial charge in [0, 0.05) is 16.7 Å². The molecule has 0 aliphatic heterocycles. The maximum absolute atomic E-state index is 13.8. The van der Waals surface area contributed by atoms with Crippen LogP contribution in [0.25, 0.3) is 0 Å². The molecule has 2 aromatic rings. The summed E-state index contributed by atoms with van der Waals surface area (Å²) in [4.78, 5) is 11.2. The van der Waals surface area contributed by atoms with E-state index in [2.05, 4.69) is 21.2 Å². The number of carbonyl (C=O) groups excluding carboxylic acids is 1. The van der Waals surface area contributed by atoms with Gasteiger partial charge in [-0.05, 0) is 29.8 Å². The number of amides is 1. The molecule has 2 rings (SSSR count). The predicted molar refractivity (Wildman–Crippen MR) is 80.8 cm³/mol. The first-order valence-electron chi connectivity index (χ1n) is 5.84. The quantitative estimate of drug-likeness (QED) is 0.750. The molecule has 6 heteroatoms. The Morgan fingerprint density at radius 2 is 1.90 bits per heavy atom. The van der Waals surface area contributed by atoms with Gasteiger partial charge in [-0.15, -0.1) is 0 Å². The lowest BCUT2D eigenvalue weighted by molar-refractivity contribution is 0.100. The Labute approximate surface area is 124 Å². The minimum absolute atomic E-state index is 0.0317. The molecule has 104 valence electrons. The molecule has 0 fully saturated rings. The van der Waals surface area contributed by atoms with Crippen molar-refractivity contribution in [2.24, 2.45) is 5.73 Å². The van der Waals surface area contributed by atoms with Crippen LogP contribution in [0.1, 0.15) is 15.9 Å². The molecule has 0 aromatic heterocycles. The summed E-state index contributed by atoms with van der Waals surface area (Å²) >= 11 is 3.34. The molecule has 0 aliphatic carbocycles. The Morgan fingerprint density at radius 3 is 2.50 bits per heavy atom. The van der Waals surface area contributed by atoms with Crippen LogP contribution < -0.4 is 16.8 Å². The zero-order valence-electron chi connectivity index (χ0n) is 10.5. The number of nitrogen functional groups attached to an aromatic ring is 1. The average molecular weight is 338 g/mol. The van der Waals surface area contributed by atoms with E-state index in [1.807, 2.05) is 24.3 Å². The van der Waals surface area contributed by atoms with Gasteiger partial charge in [-0.3, -0.25) is 4.79 Å². The molecule has 0 atom stereocenters. The zero-order chi connectivity index (χ0) is 14.7. The van der Waals surface area contributed by atoms with Crippen molar-refractivity contribution in [3.63, 3.8) is 0 Å². The number of primary amides is 1. The van der Waals surface area contributed by atoms with Crippen LogP contribution in [-0.2, 0) is 6.54 Å². The Hall–Kier alpha value is -2.08. The smallest absolute Gasteiger partial charge is 0.250 e. The van der Waals surface area contributed by atoms with Gasteiger partial charge in [0.05, 0.1) is 11.3 Å². The van der Waals surface area contributed by atoms with Gasteiger partial charge >= 0.3 is 0 Å². The number of nitrogens with two attached hydrogens (primary N) is 2. The van der Waals surface area contributed by atoms with Crippen molar-refractivity contribution in [3.05, 3.63) is 57.8 Å². The topological polar surface area (TPSA) is 81.1 Å². The zero-order valence-corrected chi connectivity index (χ0v) is 12.1. The van der Waals surface area contributed by atoms with Crippen LogP contribution >= 0.6 is 15.9 Å². The van der Waals surface area contributed by atoms with E-state index in [-0.39, 0.29) is 16.9 Å². The summed E-state index contributed by atoms with van der Waals surface area (Å²) in [7, 11) is 0. The van der Waals surface area contributed by atoms with Crippen LogP contribution in [-0.4, -0.2) is 5.91 Å². The molecular formula is C14H13BrFN3O. The Kier molecular flexibility index (Phi) is 4.24. The van der Waals surface area contributed by atoms with Crippen molar-refractivity contribution < 1.29 is 9.18 Å². The monoisotopic (exact) mass is 337 g/mol. The number of hydrogen-bond acceptors (Lipinski definition) is 3. The van der Waals surface area contributed by atoms with Gasteiger partial charge in [0.25, 0.3) is 5.91 Å². The van der Waals surface area contributed by atoms with E-state index in [1.165, 1.54) is 6.07 Å². The number of hydrogen-bond donors (Lipinski definition) is 3. The summed E-state index contributed by atoms with van der Waals surface area (Å²) in [6, 6.07) is 10.0. The predicted octanol–water partition coefficient (Wildman–Crippen LogP) is 2.88. The van der Waals surface area contributed by atoms with Gasteiger partial charge in [-0.25, -0.2) is 4.39 Å². The first-order valence-corrected chi connectivity index (χ1v) is 6.64. The second-order valence-electron chi connectivity index (χ2n) is 4.26. The van der Waals surface area contributed by atoms with Gasteiger partial charge < -0.3 is 16.8 Å². The van der Waals surface area contributed by atoms with Crippen molar-refractivity contribution in [2.45, 2.75) is 6.54 Å². The standard InChI is InChI=1S/C14H13BrFN3O/c15-9-3-1-8(2-4-9)7-19-13-5-10(14(18)20)12(17)6-11(13)16/h1-6,19H,7,17H2,(H2,18,20). The fraction of sp³-hybridized carbons (Fsp3) is 0.0714. The highest BCUT2D eigenvalue weighted by Gasteiger charge is 2.11. The lowest BCUT2D eigenvalue weighted by atomic mass is 10.1. The summed E-state index contributed by atoms with van der Waals surface area (Å²) < 4.78 is 14.7. The number of rotatable bonds is 4. The van der Waals surface area contributed by atoms with Crippen LogP contribution in [0.2, 0.25) is 0 Å². The van der Waals surface area contributed by atoms with Crippen molar-refractivity contribution in [2.75, 3.05) is 11.1 Å². The molecule has 2 aromatic carbocycles. The van der Waals surface area contributed by atoms with Crippen molar-refractivity contribution >= 4 is 33.2 Å². The second-order valence-corrected chi connectivity index (χ2v) is 5.18. The number of halogens is 2. The summed E-state index contributed by atoms with van der Waals surface area (Å²) in [6.45, 7) is 0.423. The van der Waals surface area contributed by atoms with E-state index in [0.29, 0.717) is 6.54 Å². The molecule has 0 spiro atoms. The molecule has 4 nitrogen and oxygen atoms in total. The summed E-state index contributed by atoms with van der Waals surface area (Å²) in [5, 5.41) is 2.92.